The van der Waals surface area contributed by atoms with Gasteiger partial charge in [-0.2, -0.15) is 0 Å². The van der Waals surface area contributed by atoms with Crippen LogP contribution < -0.4 is 4.90 Å². The molecule has 1 aliphatic carbocycles. The number of rotatable bonds is 7. The lowest BCUT2D eigenvalue weighted by Crippen LogP contribution is -2.28. The van der Waals surface area contributed by atoms with E-state index in [1.165, 1.54) is 77.2 Å². The highest BCUT2D eigenvalue weighted by Crippen LogP contribution is 2.60. The van der Waals surface area contributed by atoms with E-state index in [2.05, 4.69) is 241 Å². The highest BCUT2D eigenvalue weighted by atomic mass is 15.1. The molecule has 0 unspecified atom stereocenters. The van der Waals surface area contributed by atoms with Crippen LogP contribution >= 0.6 is 0 Å². The van der Waals surface area contributed by atoms with Gasteiger partial charge in [0.1, 0.15) is 0 Å². The zero-order valence-electron chi connectivity index (χ0n) is 32.0. The maximum Gasteiger partial charge on any atom is 0.0714 e. The van der Waals surface area contributed by atoms with Gasteiger partial charge in [-0.1, -0.05) is 218 Å². The van der Waals surface area contributed by atoms with Crippen molar-refractivity contribution in [1.29, 1.82) is 0 Å². The molecule has 0 heterocycles. The third-order valence-corrected chi connectivity index (χ3v) is 12.2. The summed E-state index contributed by atoms with van der Waals surface area (Å²) in [6.07, 6.45) is 0. The topological polar surface area (TPSA) is 3.24 Å². The van der Waals surface area contributed by atoms with Crippen LogP contribution in [0, 0.1) is 0 Å². The maximum atomic E-state index is 2.54. The number of fused-ring (bicyclic) bond motifs is 5. The van der Waals surface area contributed by atoms with Crippen molar-refractivity contribution < 1.29 is 0 Å². The first kappa shape index (κ1) is 33.8. The van der Waals surface area contributed by atoms with E-state index in [9.17, 15) is 0 Å². The fourth-order valence-corrected chi connectivity index (χ4v) is 9.75. The average molecular weight is 738 g/mol. The molecule has 0 aromatic heterocycles. The zero-order chi connectivity index (χ0) is 38.5. The van der Waals surface area contributed by atoms with Gasteiger partial charge in [0.15, 0.2) is 0 Å². The average Bonchev–Trinajstić information content (AvgIpc) is 3.62. The van der Waals surface area contributed by atoms with Crippen molar-refractivity contribution in [3.8, 4) is 33.4 Å². The van der Waals surface area contributed by atoms with Crippen molar-refractivity contribution in [2.24, 2.45) is 0 Å². The van der Waals surface area contributed by atoms with Crippen LogP contribution in [0.2, 0.25) is 0 Å². The van der Waals surface area contributed by atoms with E-state index >= 15 is 0 Å². The summed E-state index contributed by atoms with van der Waals surface area (Å²) in [4.78, 5) is 2.54. The van der Waals surface area contributed by atoms with Crippen LogP contribution in [0.1, 0.15) is 22.3 Å². The number of anilines is 3. The lowest BCUT2D eigenvalue weighted by Gasteiger charge is -2.34. The van der Waals surface area contributed by atoms with E-state index < -0.39 is 5.41 Å². The number of nitrogens with zero attached hydrogens (tertiary/aromatic N) is 1. The normalized spacial score (nSPS) is 12.6. The molecule has 10 aromatic carbocycles. The molecule has 0 N–H and O–H groups in total. The standard InChI is InChI=1S/C57H39N/c1-4-20-40(21-5-1)44-28-12-13-30-46(44)48-38-39-54(49-32-15-14-31-47(48)49)58(53-36-18-23-41-22-10-11-29-45(41)53)55-37-19-35-52-56(55)50-33-16-17-34-51(50)57(52,42-24-6-2-7-25-42)43-26-8-3-9-27-43/h1-39H. The van der Waals surface area contributed by atoms with E-state index in [-0.39, 0.29) is 0 Å². The molecule has 0 amide bonds. The maximum absolute atomic E-state index is 2.54. The van der Waals surface area contributed by atoms with Gasteiger partial charge in [0, 0.05) is 16.3 Å². The van der Waals surface area contributed by atoms with E-state index in [0.717, 1.165) is 17.1 Å². The molecule has 0 atom stereocenters. The SMILES string of the molecule is c1ccc(-c2ccccc2-c2ccc(N(c3cccc4c3-c3ccccc3C4(c3ccccc3)c3ccccc3)c3cccc4ccccc34)c3ccccc23)cc1. The Bertz CT molecular complexity index is 3070. The van der Waals surface area contributed by atoms with Crippen LogP contribution in [0.5, 0.6) is 0 Å². The second kappa shape index (κ2) is 13.9. The Hall–Kier alpha value is -7.48. The molecule has 11 rings (SSSR count). The van der Waals surface area contributed by atoms with Gasteiger partial charge in [-0.3, -0.25) is 0 Å². The van der Waals surface area contributed by atoms with Crippen LogP contribution in [0.4, 0.5) is 17.1 Å². The highest BCUT2D eigenvalue weighted by Gasteiger charge is 2.47. The number of hydrogen-bond donors (Lipinski definition) is 0. The summed E-state index contributed by atoms with van der Waals surface area (Å²) < 4.78 is 0. The fraction of sp³-hybridized carbons (Fsp3) is 0.0175. The molecule has 10 aromatic rings. The molecular weight excluding hydrogens is 699 g/mol. The van der Waals surface area contributed by atoms with Gasteiger partial charge in [-0.25, -0.2) is 0 Å². The molecule has 272 valence electrons. The van der Waals surface area contributed by atoms with Gasteiger partial charge in [0.05, 0.1) is 22.5 Å². The van der Waals surface area contributed by atoms with Gasteiger partial charge < -0.3 is 4.90 Å². The summed E-state index contributed by atoms with van der Waals surface area (Å²) in [7, 11) is 0. The van der Waals surface area contributed by atoms with E-state index in [1.54, 1.807) is 0 Å². The fourth-order valence-electron chi connectivity index (χ4n) is 9.75. The van der Waals surface area contributed by atoms with Gasteiger partial charge >= 0.3 is 0 Å². The molecule has 1 heteroatoms. The molecule has 0 aliphatic heterocycles. The lowest BCUT2D eigenvalue weighted by atomic mass is 9.68. The van der Waals surface area contributed by atoms with E-state index in [0.29, 0.717) is 0 Å². The predicted molar refractivity (Wildman–Crippen MR) is 244 cm³/mol. The van der Waals surface area contributed by atoms with Crippen LogP contribution in [0.3, 0.4) is 0 Å². The largest absolute Gasteiger partial charge is 0.309 e. The minimum Gasteiger partial charge on any atom is -0.309 e. The molecule has 0 bridgehead atoms. The Kier molecular flexibility index (Phi) is 8.12. The summed E-state index contributed by atoms with van der Waals surface area (Å²) in [6.45, 7) is 0. The first-order valence-electron chi connectivity index (χ1n) is 20.1. The molecule has 0 saturated heterocycles. The Morgan fingerprint density at radius 1 is 0.276 bits per heavy atom. The van der Waals surface area contributed by atoms with Crippen molar-refractivity contribution >= 4 is 38.6 Å². The van der Waals surface area contributed by atoms with Gasteiger partial charge in [0.25, 0.3) is 0 Å². The Morgan fingerprint density at radius 2 is 0.776 bits per heavy atom. The molecule has 0 spiro atoms. The molecular formula is C57H39N. The van der Waals surface area contributed by atoms with Gasteiger partial charge in [-0.15, -0.1) is 0 Å². The van der Waals surface area contributed by atoms with Gasteiger partial charge in [-0.05, 0) is 79.0 Å². The quantitative estimate of drug-likeness (QED) is 0.157. The van der Waals surface area contributed by atoms with Crippen LogP contribution in [0.25, 0.3) is 54.9 Å². The number of hydrogen-bond acceptors (Lipinski definition) is 1. The third-order valence-electron chi connectivity index (χ3n) is 12.2. The monoisotopic (exact) mass is 737 g/mol. The van der Waals surface area contributed by atoms with Crippen molar-refractivity contribution in [3.63, 3.8) is 0 Å². The Labute approximate surface area is 339 Å². The summed E-state index contributed by atoms with van der Waals surface area (Å²) in [5.41, 5.74) is 15.4. The van der Waals surface area contributed by atoms with E-state index in [1.807, 2.05) is 0 Å². The molecule has 0 fully saturated rings. The summed E-state index contributed by atoms with van der Waals surface area (Å²) in [5, 5.41) is 4.81. The predicted octanol–water partition coefficient (Wildman–Crippen LogP) is 15.2. The molecule has 0 radical (unpaired) electrons. The van der Waals surface area contributed by atoms with Crippen molar-refractivity contribution in [2.45, 2.75) is 5.41 Å². The first-order chi connectivity index (χ1) is 28.8. The molecule has 1 nitrogen and oxygen atoms in total. The lowest BCUT2D eigenvalue weighted by molar-refractivity contribution is 0.768. The third kappa shape index (κ3) is 5.17. The molecule has 58 heavy (non-hydrogen) atoms. The second-order valence-electron chi connectivity index (χ2n) is 15.2. The van der Waals surface area contributed by atoms with Crippen LogP contribution in [-0.4, -0.2) is 0 Å². The highest BCUT2D eigenvalue weighted by molar-refractivity contribution is 6.11. The van der Waals surface area contributed by atoms with Crippen LogP contribution in [-0.2, 0) is 5.41 Å². The summed E-state index contributed by atoms with van der Waals surface area (Å²) in [6, 6.07) is 86.8. The number of benzene rings is 10. The minimum atomic E-state index is -0.512. The zero-order valence-corrected chi connectivity index (χ0v) is 32.0. The minimum absolute atomic E-state index is 0.512. The molecule has 0 saturated carbocycles. The van der Waals surface area contributed by atoms with Crippen molar-refractivity contribution in [3.05, 3.63) is 259 Å². The summed E-state index contributed by atoms with van der Waals surface area (Å²) >= 11 is 0. The van der Waals surface area contributed by atoms with E-state index in [4.69, 9.17) is 0 Å². The Morgan fingerprint density at radius 3 is 1.52 bits per heavy atom. The van der Waals surface area contributed by atoms with Crippen molar-refractivity contribution in [2.75, 3.05) is 4.90 Å². The first-order valence-corrected chi connectivity index (χ1v) is 20.1. The second-order valence-corrected chi connectivity index (χ2v) is 15.2. The van der Waals surface area contributed by atoms with Gasteiger partial charge in [0.2, 0.25) is 0 Å². The van der Waals surface area contributed by atoms with Crippen LogP contribution in [0.15, 0.2) is 237 Å². The molecule has 1 aliphatic rings. The Balaban J connectivity index is 1.23. The smallest absolute Gasteiger partial charge is 0.0714 e. The summed E-state index contributed by atoms with van der Waals surface area (Å²) in [5.74, 6) is 0. The van der Waals surface area contributed by atoms with Crippen molar-refractivity contribution in [1.82, 2.24) is 0 Å².